The van der Waals surface area contributed by atoms with Gasteiger partial charge in [0, 0.05) is 0 Å². The fraction of sp³-hybridized carbons (Fsp3) is 0.125. The molecule has 3 rings (SSSR count). The van der Waals surface area contributed by atoms with Crippen molar-refractivity contribution in [3.8, 4) is 17.2 Å². The van der Waals surface area contributed by atoms with E-state index >= 15 is 0 Å². The average Bonchev–Trinajstić information content (AvgIpc) is 2.74. The molecule has 0 spiro atoms. The molecule has 0 aromatic heterocycles. The first-order valence-electron chi connectivity index (χ1n) is 9.38. The number of carboxylic acid groups (broad SMARTS) is 3. The summed E-state index contributed by atoms with van der Waals surface area (Å²) in [5.74, 6) is -3.86. The molecule has 0 aliphatic rings. The van der Waals surface area contributed by atoms with E-state index in [-0.39, 0.29) is 123 Å². The van der Waals surface area contributed by atoms with Crippen LogP contribution in [0.3, 0.4) is 0 Å². The summed E-state index contributed by atoms with van der Waals surface area (Å²) >= 11 is 0. The van der Waals surface area contributed by atoms with Crippen LogP contribution in [0.1, 0.15) is 47.8 Å². The third kappa shape index (κ3) is 11.7. The van der Waals surface area contributed by atoms with Crippen LogP contribution in [0, 0.1) is 20.8 Å². The van der Waals surface area contributed by atoms with Gasteiger partial charge in [-0.25, -0.2) is 14.4 Å². The molecule has 0 aliphatic carbocycles. The van der Waals surface area contributed by atoms with Gasteiger partial charge in [-0.1, -0.05) is 36.4 Å². The summed E-state index contributed by atoms with van der Waals surface area (Å²) in [6.07, 6.45) is 0. The van der Waals surface area contributed by atoms with Crippen molar-refractivity contribution in [2.24, 2.45) is 0 Å². The van der Waals surface area contributed by atoms with E-state index in [1.54, 1.807) is 0 Å². The Morgan fingerprint density at radius 2 is 0.694 bits per heavy atom. The van der Waals surface area contributed by atoms with Gasteiger partial charge >= 0.3 is 107 Å². The predicted octanol–water partition coefficient (Wildman–Crippen LogP) is -6.69. The van der Waals surface area contributed by atoms with Gasteiger partial charge in [-0.2, -0.15) is 0 Å². The number of hydrogen-bond donors (Lipinski definition) is 3. The maximum atomic E-state index is 10.9. The molecular weight excluding hydrogens is 501 g/mol. The second-order valence-corrected chi connectivity index (χ2v) is 6.70. The topological polar surface area (TPSA) is 181 Å². The summed E-state index contributed by atoms with van der Waals surface area (Å²) in [5, 5.41) is 58.3. The Kier molecular flexibility index (Phi) is 20.2. The van der Waals surface area contributed by atoms with Crippen LogP contribution in [-0.2, 0) is 0 Å². The van der Waals surface area contributed by atoms with E-state index in [1.807, 2.05) is 0 Å². The van der Waals surface area contributed by atoms with Gasteiger partial charge < -0.3 is 30.6 Å². The smallest absolute Gasteiger partial charge is 0.872 e. The van der Waals surface area contributed by atoms with Crippen LogP contribution in [0.25, 0.3) is 0 Å². The van der Waals surface area contributed by atoms with Gasteiger partial charge in [-0.15, -0.1) is 17.2 Å². The molecule has 0 aliphatic heterocycles. The van der Waals surface area contributed by atoms with E-state index in [1.165, 1.54) is 75.4 Å². The van der Waals surface area contributed by atoms with Crippen LogP contribution < -0.4 is 104 Å². The van der Waals surface area contributed by atoms with Crippen molar-refractivity contribution >= 4 is 17.9 Å². The molecule has 3 aromatic carbocycles. The number of hydrogen-bond acceptors (Lipinski definition) is 6. The third-order valence-corrected chi connectivity index (χ3v) is 4.54. The first kappa shape index (κ1) is 39.0. The maximum absolute atomic E-state index is 10.9. The molecule has 12 heteroatoms. The molecule has 0 saturated heterocycles. The summed E-state index contributed by atoms with van der Waals surface area (Å²) in [6, 6.07) is 12.6. The second kappa shape index (κ2) is 18.7. The van der Waals surface area contributed by atoms with E-state index in [9.17, 15) is 29.7 Å². The first-order chi connectivity index (χ1) is 15.4. The van der Waals surface area contributed by atoms with Crippen molar-refractivity contribution in [3.05, 3.63) is 88.0 Å². The van der Waals surface area contributed by atoms with Gasteiger partial charge in [0.15, 0.2) is 0 Å². The Hall–Kier alpha value is -1.53. The standard InChI is InChI=1S/3C8H8O3.3Na/c3*1-5-6(8(10)11)3-2-4-7(5)9;;;/h3*2-4,9H,1H3,(H,10,11);;;/q;;;3*+1/p-3. The van der Waals surface area contributed by atoms with Crippen LogP contribution in [0.15, 0.2) is 54.6 Å². The number of carbonyl (C=O) groups is 3. The molecule has 3 N–H and O–H groups in total. The fourth-order valence-corrected chi connectivity index (χ4v) is 2.54. The van der Waals surface area contributed by atoms with Crippen molar-refractivity contribution in [2.75, 3.05) is 0 Å². The molecule has 0 heterocycles. The Labute approximate surface area is 274 Å². The van der Waals surface area contributed by atoms with Crippen molar-refractivity contribution in [1.82, 2.24) is 0 Å². The van der Waals surface area contributed by atoms with Crippen LogP contribution >= 0.6 is 0 Å². The van der Waals surface area contributed by atoms with E-state index in [0.29, 0.717) is 16.7 Å². The zero-order valence-corrected chi connectivity index (χ0v) is 27.0. The van der Waals surface area contributed by atoms with Gasteiger partial charge in [0.05, 0.1) is 16.7 Å². The van der Waals surface area contributed by atoms with Crippen LogP contribution in [0.5, 0.6) is 17.2 Å². The van der Waals surface area contributed by atoms with E-state index in [2.05, 4.69) is 0 Å². The first-order valence-corrected chi connectivity index (χ1v) is 9.38. The van der Waals surface area contributed by atoms with Gasteiger partial charge in [0.2, 0.25) is 0 Å². The zero-order valence-electron chi connectivity index (χ0n) is 21.0. The third-order valence-electron chi connectivity index (χ3n) is 4.54. The molecule has 0 atom stereocenters. The van der Waals surface area contributed by atoms with Gasteiger partial charge in [-0.05, 0) is 55.7 Å². The normalized spacial score (nSPS) is 8.75. The van der Waals surface area contributed by atoms with Gasteiger partial charge in [-0.3, -0.25) is 0 Å². The predicted molar refractivity (Wildman–Crippen MR) is 113 cm³/mol. The number of rotatable bonds is 3. The summed E-state index contributed by atoms with van der Waals surface area (Å²) in [5.41, 5.74) is 1.12. The molecule has 0 amide bonds. The fourth-order valence-electron chi connectivity index (χ4n) is 2.54. The minimum absolute atomic E-state index is 0. The molecule has 9 nitrogen and oxygen atoms in total. The molecule has 0 bridgehead atoms. The summed E-state index contributed by atoms with van der Waals surface area (Å²) in [7, 11) is 0. The van der Waals surface area contributed by atoms with Crippen molar-refractivity contribution in [3.63, 3.8) is 0 Å². The maximum Gasteiger partial charge on any atom is 1.00 e. The van der Waals surface area contributed by atoms with Crippen LogP contribution in [0.2, 0.25) is 0 Å². The van der Waals surface area contributed by atoms with Gasteiger partial charge in [0.1, 0.15) is 0 Å². The monoisotopic (exact) mass is 522 g/mol. The zero-order chi connectivity index (χ0) is 25.3. The average molecular weight is 522 g/mol. The van der Waals surface area contributed by atoms with E-state index in [0.717, 1.165) is 0 Å². The molecule has 0 saturated carbocycles. The van der Waals surface area contributed by atoms with Crippen molar-refractivity contribution in [1.29, 1.82) is 0 Å². The molecular formula is C24H21Na3O9. The number of benzene rings is 3. The van der Waals surface area contributed by atoms with E-state index < -0.39 is 17.9 Å². The Morgan fingerprint density at radius 1 is 0.500 bits per heavy atom. The number of aromatic carboxylic acids is 3. The Balaban J connectivity index is -0.000000436. The van der Waals surface area contributed by atoms with Crippen molar-refractivity contribution < 1.29 is 134 Å². The van der Waals surface area contributed by atoms with E-state index in [4.69, 9.17) is 15.3 Å². The SMILES string of the molecule is Cc1c([O-])cccc1C(=O)O.Cc1c([O-])cccc1C(=O)O.Cc1c([O-])cccc1C(=O)O.[Na+].[Na+].[Na+]. The molecule has 0 radical (unpaired) electrons. The molecule has 174 valence electrons. The number of carboxylic acids is 3. The van der Waals surface area contributed by atoms with Crippen LogP contribution in [0.4, 0.5) is 0 Å². The molecule has 3 aromatic rings. The summed E-state index contributed by atoms with van der Waals surface area (Å²) < 4.78 is 0. The molecule has 0 fully saturated rings. The summed E-state index contributed by atoms with van der Waals surface area (Å²) in [6.45, 7) is 4.52. The van der Waals surface area contributed by atoms with Gasteiger partial charge in [0.25, 0.3) is 0 Å². The second-order valence-electron chi connectivity index (χ2n) is 6.70. The van der Waals surface area contributed by atoms with Crippen molar-refractivity contribution in [2.45, 2.75) is 20.8 Å². The van der Waals surface area contributed by atoms with Crippen LogP contribution in [-0.4, -0.2) is 33.2 Å². The largest absolute Gasteiger partial charge is 1.00 e. The quantitative estimate of drug-likeness (QED) is 0.282. The Morgan fingerprint density at radius 3 is 0.833 bits per heavy atom. The minimum atomic E-state index is -1.06. The summed E-state index contributed by atoms with van der Waals surface area (Å²) in [4.78, 5) is 31.3. The minimum Gasteiger partial charge on any atom is -0.872 e. The molecule has 36 heavy (non-hydrogen) atoms. The Bertz CT molecular complexity index is 1040. The molecule has 0 unspecified atom stereocenters.